The molecule has 90 valence electrons. The van der Waals surface area contributed by atoms with Crippen molar-refractivity contribution >= 4 is 0 Å². The predicted octanol–water partition coefficient (Wildman–Crippen LogP) is 3.17. The SMILES string of the molecule is N#C[C@@H](O)c1ccc(F)c(Oc2ccccc2)c1. The third-order valence-electron chi connectivity index (χ3n) is 2.36. The largest absolute Gasteiger partial charge is 0.454 e. The first-order chi connectivity index (χ1) is 8.70. The molecule has 1 N–H and O–H groups in total. The Bertz CT molecular complexity index is 578. The van der Waals surface area contributed by atoms with Crippen molar-refractivity contribution in [3.05, 3.63) is 59.9 Å². The normalized spacial score (nSPS) is 11.6. The lowest BCUT2D eigenvalue weighted by molar-refractivity contribution is 0.235. The maximum absolute atomic E-state index is 13.5. The second-order valence-electron chi connectivity index (χ2n) is 3.64. The van der Waals surface area contributed by atoms with E-state index in [2.05, 4.69) is 0 Å². The molecule has 18 heavy (non-hydrogen) atoms. The van der Waals surface area contributed by atoms with Gasteiger partial charge in [-0.2, -0.15) is 5.26 Å². The third kappa shape index (κ3) is 2.65. The second-order valence-corrected chi connectivity index (χ2v) is 3.64. The van der Waals surface area contributed by atoms with Gasteiger partial charge in [-0.05, 0) is 29.8 Å². The number of aliphatic hydroxyl groups is 1. The van der Waals surface area contributed by atoms with Crippen LogP contribution >= 0.6 is 0 Å². The van der Waals surface area contributed by atoms with E-state index in [0.29, 0.717) is 11.3 Å². The van der Waals surface area contributed by atoms with Gasteiger partial charge in [0, 0.05) is 0 Å². The fourth-order valence-electron chi connectivity index (χ4n) is 1.46. The molecule has 2 rings (SSSR count). The number of para-hydroxylation sites is 1. The number of benzene rings is 2. The molecule has 0 heterocycles. The van der Waals surface area contributed by atoms with E-state index in [1.807, 2.05) is 6.07 Å². The van der Waals surface area contributed by atoms with Gasteiger partial charge in [0.05, 0.1) is 6.07 Å². The van der Waals surface area contributed by atoms with Crippen LogP contribution in [0.3, 0.4) is 0 Å². The summed E-state index contributed by atoms with van der Waals surface area (Å²) >= 11 is 0. The Morgan fingerprint density at radius 3 is 2.56 bits per heavy atom. The molecule has 3 nitrogen and oxygen atoms in total. The molecular weight excluding hydrogens is 233 g/mol. The summed E-state index contributed by atoms with van der Waals surface area (Å²) in [5, 5.41) is 18.0. The van der Waals surface area contributed by atoms with E-state index in [-0.39, 0.29) is 5.75 Å². The fraction of sp³-hybridized carbons (Fsp3) is 0.0714. The van der Waals surface area contributed by atoms with Gasteiger partial charge in [0.25, 0.3) is 0 Å². The molecule has 0 fully saturated rings. The van der Waals surface area contributed by atoms with Crippen molar-refractivity contribution in [3.63, 3.8) is 0 Å². The Hall–Kier alpha value is -2.38. The topological polar surface area (TPSA) is 53.2 Å². The number of hydrogen-bond acceptors (Lipinski definition) is 3. The molecule has 0 saturated heterocycles. The molecule has 0 spiro atoms. The van der Waals surface area contributed by atoms with Crippen molar-refractivity contribution in [2.45, 2.75) is 6.10 Å². The second kappa shape index (κ2) is 5.30. The zero-order chi connectivity index (χ0) is 13.0. The molecule has 1 atom stereocenters. The van der Waals surface area contributed by atoms with E-state index in [1.54, 1.807) is 30.3 Å². The number of nitriles is 1. The smallest absolute Gasteiger partial charge is 0.166 e. The van der Waals surface area contributed by atoms with Crippen LogP contribution in [0.5, 0.6) is 11.5 Å². The van der Waals surface area contributed by atoms with Crippen molar-refractivity contribution in [3.8, 4) is 17.6 Å². The van der Waals surface area contributed by atoms with E-state index in [0.717, 1.165) is 6.07 Å². The summed E-state index contributed by atoms with van der Waals surface area (Å²) in [5.74, 6) is -0.0826. The molecule has 2 aromatic rings. The summed E-state index contributed by atoms with van der Waals surface area (Å²) in [4.78, 5) is 0. The van der Waals surface area contributed by atoms with Gasteiger partial charge in [-0.1, -0.05) is 24.3 Å². The average Bonchev–Trinajstić information content (AvgIpc) is 2.41. The van der Waals surface area contributed by atoms with E-state index in [1.165, 1.54) is 12.1 Å². The number of rotatable bonds is 3. The van der Waals surface area contributed by atoms with Crippen LogP contribution in [0.25, 0.3) is 0 Å². The molecule has 0 saturated carbocycles. The Balaban J connectivity index is 2.30. The van der Waals surface area contributed by atoms with Crippen LogP contribution in [0.2, 0.25) is 0 Å². The highest BCUT2D eigenvalue weighted by molar-refractivity contribution is 5.37. The van der Waals surface area contributed by atoms with Crippen LogP contribution in [0.1, 0.15) is 11.7 Å². The van der Waals surface area contributed by atoms with Crippen molar-refractivity contribution in [2.75, 3.05) is 0 Å². The van der Waals surface area contributed by atoms with Gasteiger partial charge < -0.3 is 9.84 Å². The molecule has 0 amide bonds. The maximum atomic E-state index is 13.5. The standard InChI is InChI=1S/C14H10FNO2/c15-12-7-6-10(13(17)9-16)8-14(12)18-11-4-2-1-3-5-11/h1-8,13,17H/t13-/m1/s1. The molecule has 4 heteroatoms. The zero-order valence-electron chi connectivity index (χ0n) is 9.38. The molecule has 2 aromatic carbocycles. The maximum Gasteiger partial charge on any atom is 0.166 e. The van der Waals surface area contributed by atoms with Gasteiger partial charge in [0.2, 0.25) is 0 Å². The number of nitrogens with zero attached hydrogens (tertiary/aromatic N) is 1. The Morgan fingerprint density at radius 1 is 1.17 bits per heavy atom. The highest BCUT2D eigenvalue weighted by Crippen LogP contribution is 2.27. The lowest BCUT2D eigenvalue weighted by atomic mass is 10.1. The van der Waals surface area contributed by atoms with E-state index in [4.69, 9.17) is 10.00 Å². The highest BCUT2D eigenvalue weighted by atomic mass is 19.1. The Morgan fingerprint density at radius 2 is 1.89 bits per heavy atom. The van der Waals surface area contributed by atoms with Crippen molar-refractivity contribution in [1.29, 1.82) is 5.26 Å². The lowest BCUT2D eigenvalue weighted by Gasteiger charge is -2.09. The van der Waals surface area contributed by atoms with Gasteiger partial charge in [-0.15, -0.1) is 0 Å². The van der Waals surface area contributed by atoms with Crippen LogP contribution < -0.4 is 4.74 Å². The van der Waals surface area contributed by atoms with Crippen LogP contribution in [-0.4, -0.2) is 5.11 Å². The number of ether oxygens (including phenoxy) is 1. The monoisotopic (exact) mass is 243 g/mol. The minimum absolute atomic E-state index is 0.0204. The minimum Gasteiger partial charge on any atom is -0.454 e. The van der Waals surface area contributed by atoms with Gasteiger partial charge in [-0.25, -0.2) is 4.39 Å². The van der Waals surface area contributed by atoms with Crippen LogP contribution in [-0.2, 0) is 0 Å². The Kier molecular flexibility index (Phi) is 3.56. The van der Waals surface area contributed by atoms with Crippen molar-refractivity contribution < 1.29 is 14.2 Å². The van der Waals surface area contributed by atoms with Crippen molar-refractivity contribution in [2.24, 2.45) is 0 Å². The average molecular weight is 243 g/mol. The molecule has 0 aliphatic rings. The summed E-state index contributed by atoms with van der Waals surface area (Å²) in [7, 11) is 0. The van der Waals surface area contributed by atoms with E-state index < -0.39 is 11.9 Å². The summed E-state index contributed by atoms with van der Waals surface area (Å²) in [5.41, 5.74) is 0.296. The van der Waals surface area contributed by atoms with Gasteiger partial charge >= 0.3 is 0 Å². The third-order valence-corrected chi connectivity index (χ3v) is 2.36. The summed E-state index contributed by atoms with van der Waals surface area (Å²) in [6.45, 7) is 0. The van der Waals surface area contributed by atoms with Crippen molar-refractivity contribution in [1.82, 2.24) is 0 Å². The molecular formula is C14H10FNO2. The summed E-state index contributed by atoms with van der Waals surface area (Å²) in [6.07, 6.45) is -1.29. The van der Waals surface area contributed by atoms with E-state index >= 15 is 0 Å². The fourth-order valence-corrected chi connectivity index (χ4v) is 1.46. The van der Waals surface area contributed by atoms with Crippen LogP contribution in [0, 0.1) is 17.1 Å². The zero-order valence-corrected chi connectivity index (χ0v) is 9.38. The molecule has 0 radical (unpaired) electrons. The molecule has 0 bridgehead atoms. The molecule has 0 aromatic heterocycles. The van der Waals surface area contributed by atoms with Crippen LogP contribution in [0.4, 0.5) is 4.39 Å². The van der Waals surface area contributed by atoms with Gasteiger partial charge in [-0.3, -0.25) is 0 Å². The first-order valence-electron chi connectivity index (χ1n) is 5.31. The number of halogens is 1. The predicted molar refractivity (Wildman–Crippen MR) is 63.5 cm³/mol. The molecule has 0 aliphatic heterocycles. The number of hydrogen-bond donors (Lipinski definition) is 1. The summed E-state index contributed by atoms with van der Waals surface area (Å²) < 4.78 is 18.9. The molecule has 0 unspecified atom stereocenters. The first-order valence-corrected chi connectivity index (χ1v) is 5.31. The van der Waals surface area contributed by atoms with Crippen LogP contribution in [0.15, 0.2) is 48.5 Å². The van der Waals surface area contributed by atoms with Gasteiger partial charge in [0.1, 0.15) is 5.75 Å². The lowest BCUT2D eigenvalue weighted by Crippen LogP contribution is -1.96. The summed E-state index contributed by atoms with van der Waals surface area (Å²) in [6, 6.07) is 14.2. The van der Waals surface area contributed by atoms with Gasteiger partial charge in [0.15, 0.2) is 17.7 Å². The quantitative estimate of drug-likeness (QED) is 0.842. The minimum atomic E-state index is -1.29. The number of aliphatic hydroxyl groups excluding tert-OH is 1. The highest BCUT2D eigenvalue weighted by Gasteiger charge is 2.11. The van der Waals surface area contributed by atoms with E-state index in [9.17, 15) is 9.50 Å². The molecule has 0 aliphatic carbocycles. The first kappa shape index (κ1) is 12.1. The Labute approximate surface area is 104 Å².